The van der Waals surface area contributed by atoms with Crippen molar-refractivity contribution in [3.63, 3.8) is 0 Å². The molecule has 3 aliphatic rings. The number of carbonyl (C=O) groups is 2. The predicted octanol–water partition coefficient (Wildman–Crippen LogP) is 9.31. The fourth-order valence-electron chi connectivity index (χ4n) is 7.23. The Morgan fingerprint density at radius 1 is 0.756 bits per heavy atom. The number of hydrogen-bond acceptors (Lipinski definition) is 5. The van der Waals surface area contributed by atoms with Crippen LogP contribution >= 0.6 is 15.9 Å². The van der Waals surface area contributed by atoms with Gasteiger partial charge in [-0.05, 0) is 75.3 Å². The van der Waals surface area contributed by atoms with E-state index in [-0.39, 0.29) is 22.4 Å². The van der Waals surface area contributed by atoms with E-state index in [0.29, 0.717) is 44.1 Å². The molecule has 6 rings (SSSR count). The van der Waals surface area contributed by atoms with Crippen molar-refractivity contribution < 1.29 is 19.1 Å². The van der Waals surface area contributed by atoms with E-state index in [1.54, 1.807) is 0 Å². The molecule has 0 saturated carbocycles. The molecule has 0 atom stereocenters. The maximum atomic E-state index is 14.3. The van der Waals surface area contributed by atoms with E-state index in [2.05, 4.69) is 60.7 Å². The third-order valence-electron chi connectivity index (χ3n) is 9.10. The normalized spacial score (nSPS) is 19.4. The molecule has 0 N–H and O–H groups in total. The largest absolute Gasteiger partial charge is 0.490 e. The van der Waals surface area contributed by atoms with Gasteiger partial charge in [0.05, 0.1) is 11.1 Å². The summed E-state index contributed by atoms with van der Waals surface area (Å²) in [5.41, 5.74) is 6.31. The first-order chi connectivity index (χ1) is 21.5. The van der Waals surface area contributed by atoms with Crippen LogP contribution in [0, 0.1) is 10.8 Å². The Hall–Kier alpha value is -3.64. The second-order valence-corrected chi connectivity index (χ2v) is 15.0. The van der Waals surface area contributed by atoms with E-state index in [1.165, 1.54) is 0 Å². The van der Waals surface area contributed by atoms with Crippen LogP contribution in [0.3, 0.4) is 0 Å². The molecule has 0 spiro atoms. The number of Topliss-reactive ketones (excluding diaryl/α,β-unsaturated/α-hetero) is 2. The van der Waals surface area contributed by atoms with Gasteiger partial charge in [0, 0.05) is 47.8 Å². The fourth-order valence-corrected chi connectivity index (χ4v) is 7.80. The Kier molecular flexibility index (Phi) is 8.55. The van der Waals surface area contributed by atoms with Gasteiger partial charge in [0.2, 0.25) is 0 Å². The zero-order valence-electron chi connectivity index (χ0n) is 26.9. The lowest BCUT2D eigenvalue weighted by molar-refractivity contribution is -0.119. The van der Waals surface area contributed by atoms with Crippen LogP contribution in [0.1, 0.15) is 82.9 Å². The van der Waals surface area contributed by atoms with Crippen molar-refractivity contribution in [1.29, 1.82) is 0 Å². The molecule has 45 heavy (non-hydrogen) atoms. The molecule has 0 radical (unpaired) electrons. The van der Waals surface area contributed by atoms with Gasteiger partial charge in [0.1, 0.15) is 6.61 Å². The van der Waals surface area contributed by atoms with Crippen LogP contribution < -0.4 is 9.47 Å². The number of hydrogen-bond donors (Lipinski definition) is 0. The van der Waals surface area contributed by atoms with Crippen molar-refractivity contribution in [3.8, 4) is 11.5 Å². The summed E-state index contributed by atoms with van der Waals surface area (Å²) in [5, 5.41) is 0. The van der Waals surface area contributed by atoms with E-state index in [1.807, 2.05) is 67.6 Å². The van der Waals surface area contributed by atoms with Gasteiger partial charge in [-0.1, -0.05) is 88.4 Å². The Balaban J connectivity index is 1.52. The SMILES string of the molecule is CCOc1cc(C2C3=C(CC(C)(C)CC3=O)N(Cc3ccccc3)C3=C2C(=O)CC(C)(C)C3)cc(Br)c1OCc1ccccc1. The lowest BCUT2D eigenvalue weighted by atomic mass is 9.63. The van der Waals surface area contributed by atoms with Crippen molar-refractivity contribution in [3.05, 3.63) is 116 Å². The molecule has 0 saturated heterocycles. The number of allylic oxidation sites excluding steroid dienone is 4. The number of ketones is 2. The molecule has 0 aromatic heterocycles. The molecule has 0 bridgehead atoms. The third kappa shape index (κ3) is 6.40. The zero-order chi connectivity index (χ0) is 31.9. The van der Waals surface area contributed by atoms with Crippen molar-refractivity contribution in [2.24, 2.45) is 10.8 Å². The molecular formula is C39H42BrNO4. The maximum Gasteiger partial charge on any atom is 0.175 e. The molecule has 0 fully saturated rings. The van der Waals surface area contributed by atoms with Gasteiger partial charge in [-0.3, -0.25) is 9.59 Å². The molecule has 3 aromatic carbocycles. The summed E-state index contributed by atoms with van der Waals surface area (Å²) in [4.78, 5) is 30.9. The van der Waals surface area contributed by atoms with Crippen LogP contribution in [0.2, 0.25) is 0 Å². The fraction of sp³-hybridized carbons (Fsp3) is 0.385. The van der Waals surface area contributed by atoms with E-state index in [9.17, 15) is 9.59 Å². The van der Waals surface area contributed by atoms with E-state index in [4.69, 9.17) is 9.47 Å². The van der Waals surface area contributed by atoms with Crippen molar-refractivity contribution in [2.75, 3.05) is 6.61 Å². The van der Waals surface area contributed by atoms with Crippen molar-refractivity contribution >= 4 is 27.5 Å². The van der Waals surface area contributed by atoms with Gasteiger partial charge >= 0.3 is 0 Å². The lowest BCUT2D eigenvalue weighted by Crippen LogP contribution is -2.44. The van der Waals surface area contributed by atoms with E-state index >= 15 is 0 Å². The molecule has 1 aliphatic heterocycles. The summed E-state index contributed by atoms with van der Waals surface area (Å²) in [7, 11) is 0. The molecule has 6 heteroatoms. The van der Waals surface area contributed by atoms with Crippen LogP contribution in [0.15, 0.2) is 99.8 Å². The number of halogens is 1. The highest BCUT2D eigenvalue weighted by molar-refractivity contribution is 9.10. The summed E-state index contributed by atoms with van der Waals surface area (Å²) >= 11 is 3.79. The smallest absolute Gasteiger partial charge is 0.175 e. The van der Waals surface area contributed by atoms with Gasteiger partial charge in [0.15, 0.2) is 23.1 Å². The van der Waals surface area contributed by atoms with Gasteiger partial charge in [-0.25, -0.2) is 0 Å². The van der Waals surface area contributed by atoms with Crippen LogP contribution in [-0.4, -0.2) is 23.1 Å². The molecule has 2 aliphatic carbocycles. The second-order valence-electron chi connectivity index (χ2n) is 14.1. The lowest BCUT2D eigenvalue weighted by Gasteiger charge is -2.49. The van der Waals surface area contributed by atoms with Crippen LogP contribution in [-0.2, 0) is 22.7 Å². The molecular weight excluding hydrogens is 626 g/mol. The molecule has 5 nitrogen and oxygen atoms in total. The number of ether oxygens (including phenoxy) is 2. The van der Waals surface area contributed by atoms with E-state index < -0.39 is 5.92 Å². The first kappa shape index (κ1) is 31.3. The number of carbonyl (C=O) groups excluding carboxylic acids is 2. The standard InChI is InChI=1S/C39H42BrNO4/c1-6-44-33-18-27(17-28(40)37(33)45-24-26-15-11-8-12-16-26)34-35-29(19-38(2,3)21-31(35)42)41(23-25-13-9-7-10-14-25)30-20-39(4,5)22-32(43)36(30)34/h7-18,34H,6,19-24H2,1-5H3. The van der Waals surface area contributed by atoms with Crippen molar-refractivity contribution in [2.45, 2.75) is 79.4 Å². The van der Waals surface area contributed by atoms with Gasteiger partial charge in [-0.2, -0.15) is 0 Å². The van der Waals surface area contributed by atoms with Crippen LogP contribution in [0.25, 0.3) is 0 Å². The highest BCUT2D eigenvalue weighted by atomic mass is 79.9. The third-order valence-corrected chi connectivity index (χ3v) is 9.69. The molecule has 1 heterocycles. The van der Waals surface area contributed by atoms with E-state index in [0.717, 1.165) is 56.5 Å². The molecule has 234 valence electrons. The average Bonchev–Trinajstić information content (AvgIpc) is 2.97. The minimum absolute atomic E-state index is 0.118. The number of nitrogens with zero attached hydrogens (tertiary/aromatic N) is 1. The van der Waals surface area contributed by atoms with Crippen LogP contribution in [0.4, 0.5) is 0 Å². The summed E-state index contributed by atoms with van der Waals surface area (Å²) in [6, 6.07) is 24.4. The first-order valence-electron chi connectivity index (χ1n) is 15.9. The Bertz CT molecular complexity index is 1630. The Morgan fingerprint density at radius 2 is 1.29 bits per heavy atom. The second kappa shape index (κ2) is 12.3. The predicted molar refractivity (Wildman–Crippen MR) is 181 cm³/mol. The molecule has 3 aromatic rings. The minimum Gasteiger partial charge on any atom is -0.490 e. The minimum atomic E-state index is -0.465. The zero-order valence-corrected chi connectivity index (χ0v) is 28.5. The van der Waals surface area contributed by atoms with Crippen molar-refractivity contribution in [1.82, 2.24) is 4.90 Å². The summed E-state index contributed by atoms with van der Waals surface area (Å²) in [5.74, 6) is 0.981. The van der Waals surface area contributed by atoms with Gasteiger partial charge in [0.25, 0.3) is 0 Å². The topological polar surface area (TPSA) is 55.8 Å². The molecule has 0 unspecified atom stereocenters. The maximum absolute atomic E-state index is 14.3. The Labute approximate surface area is 275 Å². The van der Waals surface area contributed by atoms with Gasteiger partial charge in [-0.15, -0.1) is 0 Å². The number of benzene rings is 3. The molecule has 0 amide bonds. The summed E-state index contributed by atoms with van der Waals surface area (Å²) in [6.45, 7) is 12.1. The van der Waals surface area contributed by atoms with Crippen LogP contribution in [0.5, 0.6) is 11.5 Å². The summed E-state index contributed by atoms with van der Waals surface area (Å²) in [6.07, 6.45) is 2.42. The average molecular weight is 669 g/mol. The summed E-state index contributed by atoms with van der Waals surface area (Å²) < 4.78 is 13.2. The van der Waals surface area contributed by atoms with Gasteiger partial charge < -0.3 is 14.4 Å². The quantitative estimate of drug-likeness (QED) is 0.240. The Morgan fingerprint density at radius 3 is 1.82 bits per heavy atom. The monoisotopic (exact) mass is 667 g/mol. The highest BCUT2D eigenvalue weighted by Gasteiger charge is 2.49. The number of rotatable bonds is 8. The first-order valence-corrected chi connectivity index (χ1v) is 16.7. The highest BCUT2D eigenvalue weighted by Crippen LogP contribution is 2.56.